The van der Waals surface area contributed by atoms with Crippen LogP contribution in [0.2, 0.25) is 0 Å². The molecule has 0 aliphatic heterocycles. The van der Waals surface area contributed by atoms with Gasteiger partial charge in [0.05, 0.1) is 49.9 Å². The number of aryl methyl sites for hydroxylation is 2. The lowest BCUT2D eigenvalue weighted by molar-refractivity contribution is 0.0955. The summed E-state index contributed by atoms with van der Waals surface area (Å²) < 4.78 is 62.5. The number of sulfonamides is 2. The summed E-state index contributed by atoms with van der Waals surface area (Å²) in [5.74, 6) is -0.117. The number of nitrogens with zero attached hydrogens (tertiary/aromatic N) is 4. The average molecular weight is 1070 g/mol. The maximum Gasteiger partial charge on any atom is 0.256 e. The molecule has 2 amide bonds. The van der Waals surface area contributed by atoms with Gasteiger partial charge in [0.1, 0.15) is 11.2 Å². The van der Waals surface area contributed by atoms with Crippen molar-refractivity contribution in [1.82, 2.24) is 20.6 Å². The van der Waals surface area contributed by atoms with Gasteiger partial charge in [-0.3, -0.25) is 18.2 Å². The molecule has 21 heteroatoms. The molecule has 4 heterocycles. The van der Waals surface area contributed by atoms with Crippen LogP contribution in [-0.4, -0.2) is 79.3 Å². The first-order valence-corrected chi connectivity index (χ1v) is 24.2. The highest BCUT2D eigenvalue weighted by atomic mass is 127. The van der Waals surface area contributed by atoms with Crippen LogP contribution in [0, 0.1) is 3.77 Å². The molecule has 0 bridgehead atoms. The Bertz CT molecular complexity index is 2570. The molecular weight excluding hydrogens is 1040 g/mol. The van der Waals surface area contributed by atoms with Crippen molar-refractivity contribution in [3.8, 4) is 10.6 Å². The highest BCUT2D eigenvalue weighted by Crippen LogP contribution is 2.41. The minimum absolute atomic E-state index is 0.255. The quantitative estimate of drug-likeness (QED) is 0.135. The Morgan fingerprint density at radius 3 is 1.71 bits per heavy atom. The maximum atomic E-state index is 12.5. The molecular formula is C34H37Br2IN6O8S4. The van der Waals surface area contributed by atoms with Crippen LogP contribution in [0.25, 0.3) is 32.6 Å². The molecule has 0 unspecified atom stereocenters. The monoisotopic (exact) mass is 1070 g/mol. The number of fused-ring (bicyclic) bond motifs is 2. The summed E-state index contributed by atoms with van der Waals surface area (Å²) in [6, 6.07) is 6.58. The van der Waals surface area contributed by atoms with Crippen LogP contribution in [0.3, 0.4) is 0 Å². The Morgan fingerprint density at radius 2 is 1.29 bits per heavy atom. The number of rotatable bonds is 9. The van der Waals surface area contributed by atoms with Gasteiger partial charge in [0, 0.05) is 100 Å². The van der Waals surface area contributed by atoms with E-state index in [-0.39, 0.29) is 11.8 Å². The molecule has 6 aromatic rings. The number of carbonyl (C=O) groups excluding carboxylic acids is 2. The van der Waals surface area contributed by atoms with Crippen LogP contribution >= 0.6 is 77.1 Å². The first-order chi connectivity index (χ1) is 25.8. The highest BCUT2D eigenvalue weighted by molar-refractivity contribution is 14.1. The summed E-state index contributed by atoms with van der Waals surface area (Å²) in [5, 5.41) is 10.6. The van der Waals surface area contributed by atoms with E-state index < -0.39 is 20.0 Å². The SMILES string of the molecule is CCc1ncc(-c2oc3cc(N(C)S(C)(=O)=O)c(Br)cc3c2C(=O)NC)s1.CCc1nccs1.CNC(=O)c1c(I)oc2cc(N(C)S(C)(=O)=O)c(Br)cc12. The van der Waals surface area contributed by atoms with Crippen LogP contribution < -0.4 is 19.2 Å². The minimum Gasteiger partial charge on any atom is -0.454 e. The van der Waals surface area contributed by atoms with Gasteiger partial charge < -0.3 is 19.5 Å². The van der Waals surface area contributed by atoms with Crippen molar-refractivity contribution in [3.05, 3.63) is 75.9 Å². The molecule has 0 saturated heterocycles. The Balaban J connectivity index is 0.000000212. The van der Waals surface area contributed by atoms with Gasteiger partial charge in [-0.1, -0.05) is 13.8 Å². The van der Waals surface area contributed by atoms with E-state index in [1.165, 1.54) is 37.5 Å². The third-order valence-corrected chi connectivity index (χ3v) is 14.4. The second-order valence-corrected chi connectivity index (χ2v) is 20.3. The van der Waals surface area contributed by atoms with E-state index >= 15 is 0 Å². The van der Waals surface area contributed by atoms with Crippen molar-refractivity contribution in [2.24, 2.45) is 0 Å². The van der Waals surface area contributed by atoms with E-state index in [0.717, 1.165) is 43.8 Å². The third kappa shape index (κ3) is 10.3. The predicted molar refractivity (Wildman–Crippen MR) is 236 cm³/mol. The zero-order valence-corrected chi connectivity index (χ0v) is 39.4. The number of thiazole rings is 2. The number of aromatic nitrogens is 2. The number of benzene rings is 2. The average Bonchev–Trinajstić information content (AvgIpc) is 3.95. The number of furan rings is 2. The molecule has 0 aliphatic rings. The number of nitrogens with one attached hydrogen (secondary N) is 2. The van der Waals surface area contributed by atoms with E-state index in [1.54, 1.807) is 48.8 Å². The second-order valence-electron chi connectivity index (χ2n) is 11.5. The molecule has 0 radical (unpaired) electrons. The molecule has 14 nitrogen and oxygen atoms in total. The van der Waals surface area contributed by atoms with Crippen LogP contribution in [-0.2, 0) is 32.9 Å². The van der Waals surface area contributed by atoms with Crippen LogP contribution in [0.4, 0.5) is 11.4 Å². The van der Waals surface area contributed by atoms with Crippen molar-refractivity contribution in [1.29, 1.82) is 0 Å². The van der Waals surface area contributed by atoms with E-state index in [4.69, 9.17) is 8.83 Å². The lowest BCUT2D eigenvalue weighted by atomic mass is 10.1. The van der Waals surface area contributed by atoms with Gasteiger partial charge in [-0.15, -0.1) is 22.7 Å². The normalized spacial score (nSPS) is 11.4. The Labute approximate surface area is 357 Å². The number of hydrogen-bond donors (Lipinski definition) is 2. The second kappa shape index (κ2) is 18.4. The Kier molecular flexibility index (Phi) is 15.0. The Morgan fingerprint density at radius 1 is 0.800 bits per heavy atom. The summed E-state index contributed by atoms with van der Waals surface area (Å²) in [4.78, 5) is 33.6. The van der Waals surface area contributed by atoms with Gasteiger partial charge in [-0.25, -0.2) is 26.8 Å². The molecule has 2 N–H and O–H groups in total. The van der Waals surface area contributed by atoms with E-state index in [0.29, 0.717) is 62.9 Å². The largest absolute Gasteiger partial charge is 0.454 e. The predicted octanol–water partition coefficient (Wildman–Crippen LogP) is 7.90. The van der Waals surface area contributed by atoms with Crippen molar-refractivity contribution in [2.75, 3.05) is 49.3 Å². The summed E-state index contributed by atoms with van der Waals surface area (Å²) in [6.07, 6.45) is 7.62. The lowest BCUT2D eigenvalue weighted by Crippen LogP contribution is -2.25. The summed E-state index contributed by atoms with van der Waals surface area (Å²) in [6.45, 7) is 4.12. The fourth-order valence-corrected chi connectivity index (χ4v) is 9.54. The topological polar surface area (TPSA) is 185 Å². The van der Waals surface area contributed by atoms with Gasteiger partial charge in [0.25, 0.3) is 11.8 Å². The number of halogens is 3. The van der Waals surface area contributed by atoms with Gasteiger partial charge in [-0.05, 0) is 56.8 Å². The maximum absolute atomic E-state index is 12.5. The number of carbonyl (C=O) groups is 2. The van der Waals surface area contributed by atoms with Gasteiger partial charge >= 0.3 is 0 Å². The lowest BCUT2D eigenvalue weighted by Gasteiger charge is -2.18. The highest BCUT2D eigenvalue weighted by Gasteiger charge is 2.26. The summed E-state index contributed by atoms with van der Waals surface area (Å²) >= 11 is 11.9. The zero-order chi connectivity index (χ0) is 41.0. The summed E-state index contributed by atoms with van der Waals surface area (Å²) in [7, 11) is -0.836. The molecule has 4 aromatic heterocycles. The van der Waals surface area contributed by atoms with Crippen molar-refractivity contribution in [2.45, 2.75) is 26.7 Å². The molecule has 0 spiro atoms. The van der Waals surface area contributed by atoms with Gasteiger partial charge in [0.15, 0.2) is 9.53 Å². The summed E-state index contributed by atoms with van der Waals surface area (Å²) in [5.41, 5.74) is 2.57. The first-order valence-electron chi connectivity index (χ1n) is 16.1. The van der Waals surface area contributed by atoms with Crippen LogP contribution in [0.5, 0.6) is 0 Å². The number of anilines is 2. The molecule has 0 aliphatic carbocycles. The molecule has 0 fully saturated rings. The third-order valence-electron chi connectivity index (χ3n) is 7.92. The Hall–Kier alpha value is -3.09. The fourth-order valence-electron chi connectivity index (χ4n) is 4.89. The van der Waals surface area contributed by atoms with Crippen molar-refractivity contribution in [3.63, 3.8) is 0 Å². The van der Waals surface area contributed by atoms with Crippen LogP contribution in [0.1, 0.15) is 44.6 Å². The van der Waals surface area contributed by atoms with E-state index in [1.807, 2.05) is 41.1 Å². The van der Waals surface area contributed by atoms with Gasteiger partial charge in [-0.2, -0.15) is 0 Å². The van der Waals surface area contributed by atoms with Gasteiger partial charge in [0.2, 0.25) is 20.0 Å². The number of amides is 2. The van der Waals surface area contributed by atoms with Crippen LogP contribution in [0.15, 0.2) is 59.8 Å². The smallest absolute Gasteiger partial charge is 0.256 e. The fraction of sp³-hybridized carbons (Fsp3) is 0.294. The number of hydrogen-bond acceptors (Lipinski definition) is 12. The molecule has 296 valence electrons. The van der Waals surface area contributed by atoms with Crippen molar-refractivity contribution >= 4 is 142 Å². The van der Waals surface area contributed by atoms with Crippen molar-refractivity contribution < 1.29 is 35.3 Å². The molecule has 0 atom stereocenters. The molecule has 2 aromatic carbocycles. The first kappa shape index (κ1) is 44.6. The van der Waals surface area contributed by atoms with E-state index in [2.05, 4.69) is 59.4 Å². The minimum atomic E-state index is -3.45. The molecule has 55 heavy (non-hydrogen) atoms. The molecule has 6 rings (SSSR count). The molecule has 0 saturated carbocycles. The van der Waals surface area contributed by atoms with E-state index in [9.17, 15) is 26.4 Å². The zero-order valence-electron chi connectivity index (χ0n) is 30.8. The standard InChI is InChI=1S/C17H18BrN3O4S2.C12H12BrIN2O4S.C5H7NS/c1-5-14-20-8-13(26-14)16-15(17(22)19-2)9-6-10(18)11(7-12(9)25-16)21(3)27(4,23)24;1-15-12(17)10-6-4-7(13)8(16(2)21(3,18)19)5-9(6)20-11(10)14;1-2-5-6-3-4-7-5/h6-8H,5H2,1-4H3,(H,19,22);4-5H,1-3H3,(H,15,17);3-4H,2H2,1H3.